The van der Waals surface area contributed by atoms with Gasteiger partial charge in [-0.2, -0.15) is 0 Å². The molecule has 0 bridgehead atoms. The molecule has 0 fully saturated rings. The first kappa shape index (κ1) is 16.3. The highest BCUT2D eigenvalue weighted by Gasteiger charge is 2.05. The van der Waals surface area contributed by atoms with Gasteiger partial charge in [-0.05, 0) is 13.8 Å². The normalized spacial score (nSPS) is 12.8. The predicted octanol–water partition coefficient (Wildman–Crippen LogP) is -0.448. The number of carbonyl (C=O) groups excluding carboxylic acids is 1. The van der Waals surface area contributed by atoms with Gasteiger partial charge in [0.25, 0.3) is 0 Å². The Morgan fingerprint density at radius 3 is 2.65 bits per heavy atom. The standard InChI is InChI=1S/C11H23NO5/c1-9(2)17-5-4-16-8-10(13)6-12-7-11(14)15-3/h9-10,12-13H,4-8H2,1-3H3. The van der Waals surface area contributed by atoms with Crippen LogP contribution in [0.3, 0.4) is 0 Å². The fraction of sp³-hybridized carbons (Fsp3) is 0.909. The van der Waals surface area contributed by atoms with Crippen molar-refractivity contribution in [2.75, 3.05) is 40.0 Å². The molecule has 0 heterocycles. The third-order valence-electron chi connectivity index (χ3n) is 1.87. The zero-order valence-corrected chi connectivity index (χ0v) is 10.8. The van der Waals surface area contributed by atoms with Crippen LogP contribution in [0.15, 0.2) is 0 Å². The first-order valence-corrected chi connectivity index (χ1v) is 5.71. The van der Waals surface area contributed by atoms with E-state index in [1.807, 2.05) is 13.8 Å². The minimum absolute atomic E-state index is 0.0873. The van der Waals surface area contributed by atoms with Crippen molar-refractivity contribution < 1.29 is 24.1 Å². The summed E-state index contributed by atoms with van der Waals surface area (Å²) in [6.07, 6.45) is -0.455. The fourth-order valence-electron chi connectivity index (χ4n) is 1.03. The molecule has 0 amide bonds. The highest BCUT2D eigenvalue weighted by molar-refractivity contribution is 5.71. The smallest absolute Gasteiger partial charge is 0.319 e. The fourth-order valence-corrected chi connectivity index (χ4v) is 1.03. The van der Waals surface area contributed by atoms with Gasteiger partial charge in [-0.1, -0.05) is 0 Å². The summed E-state index contributed by atoms with van der Waals surface area (Å²) in [7, 11) is 1.32. The van der Waals surface area contributed by atoms with Gasteiger partial charge in [0.1, 0.15) is 0 Å². The molecule has 0 saturated carbocycles. The number of nitrogens with one attached hydrogen (secondary N) is 1. The van der Waals surface area contributed by atoms with Gasteiger partial charge in [0.2, 0.25) is 0 Å². The molecule has 0 rings (SSSR count). The molecule has 0 aromatic heterocycles. The molecule has 0 aliphatic heterocycles. The number of methoxy groups -OCH3 is 1. The molecule has 0 aromatic carbocycles. The summed E-state index contributed by atoms with van der Waals surface area (Å²) in [5.41, 5.74) is 0. The Kier molecular flexibility index (Phi) is 10.0. The summed E-state index contributed by atoms with van der Waals surface area (Å²) in [4.78, 5) is 10.7. The molecule has 0 spiro atoms. The van der Waals surface area contributed by atoms with E-state index in [0.29, 0.717) is 19.8 Å². The minimum atomic E-state index is -0.640. The average molecular weight is 249 g/mol. The lowest BCUT2D eigenvalue weighted by atomic mass is 10.4. The van der Waals surface area contributed by atoms with Gasteiger partial charge in [0.15, 0.2) is 0 Å². The Balaban J connectivity index is 3.28. The predicted molar refractivity (Wildman–Crippen MR) is 62.8 cm³/mol. The van der Waals surface area contributed by atoms with Crippen molar-refractivity contribution in [3.63, 3.8) is 0 Å². The molecule has 0 radical (unpaired) electrons. The molecule has 0 aromatic rings. The summed E-state index contributed by atoms with van der Waals surface area (Å²) in [6.45, 7) is 5.46. The summed E-state index contributed by atoms with van der Waals surface area (Å²) < 4.78 is 14.9. The van der Waals surface area contributed by atoms with Gasteiger partial charge in [0, 0.05) is 6.54 Å². The molecule has 102 valence electrons. The number of hydrogen-bond donors (Lipinski definition) is 2. The summed E-state index contributed by atoms with van der Waals surface area (Å²) in [6, 6.07) is 0. The van der Waals surface area contributed by atoms with E-state index in [-0.39, 0.29) is 25.2 Å². The van der Waals surface area contributed by atoms with Crippen LogP contribution in [0, 0.1) is 0 Å². The lowest BCUT2D eigenvalue weighted by Crippen LogP contribution is -2.34. The van der Waals surface area contributed by atoms with Crippen molar-refractivity contribution in [1.82, 2.24) is 5.32 Å². The van der Waals surface area contributed by atoms with Crippen LogP contribution in [-0.2, 0) is 19.0 Å². The maximum Gasteiger partial charge on any atom is 0.319 e. The first-order chi connectivity index (χ1) is 8.06. The van der Waals surface area contributed by atoms with E-state index >= 15 is 0 Å². The van der Waals surface area contributed by atoms with E-state index in [2.05, 4.69) is 10.1 Å². The summed E-state index contributed by atoms with van der Waals surface area (Å²) in [5, 5.41) is 12.2. The molecule has 17 heavy (non-hydrogen) atoms. The van der Waals surface area contributed by atoms with Crippen LogP contribution in [0.1, 0.15) is 13.8 Å². The minimum Gasteiger partial charge on any atom is -0.468 e. The topological polar surface area (TPSA) is 77.0 Å². The van der Waals surface area contributed by atoms with Crippen LogP contribution in [0.4, 0.5) is 0 Å². The molecule has 0 aliphatic rings. The number of aliphatic hydroxyl groups excluding tert-OH is 1. The van der Waals surface area contributed by atoms with Gasteiger partial charge in [-0.3, -0.25) is 4.79 Å². The van der Waals surface area contributed by atoms with E-state index < -0.39 is 6.10 Å². The van der Waals surface area contributed by atoms with Gasteiger partial charge in [-0.25, -0.2) is 0 Å². The molecule has 6 heteroatoms. The van der Waals surface area contributed by atoms with E-state index in [1.165, 1.54) is 7.11 Å². The van der Waals surface area contributed by atoms with Crippen molar-refractivity contribution in [2.45, 2.75) is 26.1 Å². The molecular formula is C11H23NO5. The second-order valence-corrected chi connectivity index (χ2v) is 3.86. The Morgan fingerprint density at radius 2 is 2.06 bits per heavy atom. The lowest BCUT2D eigenvalue weighted by molar-refractivity contribution is -0.139. The molecule has 0 saturated heterocycles. The van der Waals surface area contributed by atoms with E-state index in [9.17, 15) is 9.90 Å². The maximum atomic E-state index is 10.7. The number of hydrogen-bond acceptors (Lipinski definition) is 6. The van der Waals surface area contributed by atoms with Crippen molar-refractivity contribution >= 4 is 5.97 Å². The number of ether oxygens (including phenoxy) is 3. The van der Waals surface area contributed by atoms with Gasteiger partial charge in [0.05, 0.1) is 45.7 Å². The van der Waals surface area contributed by atoms with Crippen LogP contribution in [0.25, 0.3) is 0 Å². The Bertz CT molecular complexity index is 198. The highest BCUT2D eigenvalue weighted by Crippen LogP contribution is 1.89. The van der Waals surface area contributed by atoms with Crippen LogP contribution in [0.2, 0.25) is 0 Å². The quantitative estimate of drug-likeness (QED) is 0.403. The van der Waals surface area contributed by atoms with Crippen LogP contribution >= 0.6 is 0 Å². The summed E-state index contributed by atoms with van der Waals surface area (Å²) >= 11 is 0. The maximum absolute atomic E-state index is 10.7. The van der Waals surface area contributed by atoms with E-state index in [1.54, 1.807) is 0 Å². The average Bonchev–Trinajstić information content (AvgIpc) is 2.27. The van der Waals surface area contributed by atoms with Crippen LogP contribution in [-0.4, -0.2) is 63.3 Å². The first-order valence-electron chi connectivity index (χ1n) is 5.71. The molecule has 1 unspecified atom stereocenters. The van der Waals surface area contributed by atoms with Gasteiger partial charge < -0.3 is 24.6 Å². The second-order valence-electron chi connectivity index (χ2n) is 3.86. The summed E-state index contributed by atoms with van der Waals surface area (Å²) in [5.74, 6) is -0.358. The largest absolute Gasteiger partial charge is 0.468 e. The second kappa shape index (κ2) is 10.5. The molecule has 0 aliphatic carbocycles. The Morgan fingerprint density at radius 1 is 1.35 bits per heavy atom. The lowest BCUT2D eigenvalue weighted by Gasteiger charge is -2.12. The van der Waals surface area contributed by atoms with Gasteiger partial charge >= 0.3 is 5.97 Å². The van der Waals surface area contributed by atoms with Crippen molar-refractivity contribution in [1.29, 1.82) is 0 Å². The van der Waals surface area contributed by atoms with Crippen molar-refractivity contribution in [3.8, 4) is 0 Å². The SMILES string of the molecule is COC(=O)CNCC(O)COCCOC(C)C. The Labute approximate surface area is 102 Å². The zero-order chi connectivity index (χ0) is 13.1. The number of esters is 1. The molecular weight excluding hydrogens is 226 g/mol. The molecule has 2 N–H and O–H groups in total. The zero-order valence-electron chi connectivity index (χ0n) is 10.8. The third kappa shape index (κ3) is 11.6. The van der Waals surface area contributed by atoms with Crippen molar-refractivity contribution in [3.05, 3.63) is 0 Å². The number of aliphatic hydroxyl groups is 1. The van der Waals surface area contributed by atoms with E-state index in [0.717, 1.165) is 0 Å². The Hall–Kier alpha value is -0.690. The van der Waals surface area contributed by atoms with Crippen LogP contribution < -0.4 is 5.32 Å². The number of carbonyl (C=O) groups is 1. The molecule has 6 nitrogen and oxygen atoms in total. The highest BCUT2D eigenvalue weighted by atomic mass is 16.5. The third-order valence-corrected chi connectivity index (χ3v) is 1.87. The van der Waals surface area contributed by atoms with Crippen molar-refractivity contribution in [2.24, 2.45) is 0 Å². The monoisotopic (exact) mass is 249 g/mol. The molecule has 1 atom stereocenters. The van der Waals surface area contributed by atoms with E-state index in [4.69, 9.17) is 9.47 Å². The van der Waals surface area contributed by atoms with Crippen LogP contribution in [0.5, 0.6) is 0 Å². The van der Waals surface area contributed by atoms with Gasteiger partial charge in [-0.15, -0.1) is 0 Å². The number of rotatable bonds is 10.